The minimum absolute atomic E-state index is 0.109. The fourth-order valence-corrected chi connectivity index (χ4v) is 3.59. The molecule has 1 aliphatic rings. The molecule has 0 spiro atoms. The Labute approximate surface area is 165 Å². The van der Waals surface area contributed by atoms with Crippen LogP contribution in [0.3, 0.4) is 0 Å². The van der Waals surface area contributed by atoms with E-state index in [-0.39, 0.29) is 5.78 Å². The topological polar surface area (TPSA) is 62.1 Å². The summed E-state index contributed by atoms with van der Waals surface area (Å²) in [6, 6.07) is 13.8. The summed E-state index contributed by atoms with van der Waals surface area (Å²) < 4.78 is 0. The Morgan fingerprint density at radius 3 is 2.70 bits per heavy atom. The molecular weight excluding hydrogens is 358 g/mol. The van der Waals surface area contributed by atoms with Gasteiger partial charge in [-0.15, -0.1) is 0 Å². The van der Waals surface area contributed by atoms with Crippen LogP contribution in [0, 0.1) is 5.92 Å². The van der Waals surface area contributed by atoms with E-state index in [0.717, 1.165) is 46.1 Å². The van der Waals surface area contributed by atoms with Crippen molar-refractivity contribution in [2.75, 3.05) is 18.0 Å². The molecule has 3 aromatic rings. The summed E-state index contributed by atoms with van der Waals surface area (Å²) in [4.78, 5) is 16.5. The summed E-state index contributed by atoms with van der Waals surface area (Å²) in [5, 5.41) is 1.87. The largest absolute Gasteiger partial charge is 0.371 e. The predicted octanol–water partition coefficient (Wildman–Crippen LogP) is 5.02. The molecule has 4 rings (SSSR count). The normalized spacial score (nSPS) is 16.3. The van der Waals surface area contributed by atoms with Crippen LogP contribution in [0.15, 0.2) is 48.7 Å². The van der Waals surface area contributed by atoms with E-state index in [2.05, 4.69) is 22.9 Å². The fraction of sp³-hybridized carbons (Fsp3) is 0.318. The molecule has 1 aromatic heterocycles. The zero-order valence-corrected chi connectivity index (χ0v) is 16.6. The van der Waals surface area contributed by atoms with Gasteiger partial charge >= 0.3 is 0 Å². The first-order valence-corrected chi connectivity index (χ1v) is 9.67. The molecule has 1 saturated heterocycles. The summed E-state index contributed by atoms with van der Waals surface area (Å²) in [5.41, 5.74) is 9.66. The molecule has 3 N–H and O–H groups in total. The SMILES string of the molecule is CC(=O)c1ccc2[nH]ccc2c1.C[C@@H]1CCN(c2ccc(CN)c(Cl)c2)C1. The molecule has 142 valence electrons. The van der Waals surface area contributed by atoms with Crippen molar-refractivity contribution < 1.29 is 4.79 Å². The molecule has 0 radical (unpaired) electrons. The number of hydrogen-bond donors (Lipinski definition) is 2. The van der Waals surface area contributed by atoms with E-state index in [4.69, 9.17) is 17.3 Å². The Kier molecular flexibility index (Phi) is 6.19. The van der Waals surface area contributed by atoms with E-state index in [1.807, 2.05) is 42.6 Å². The van der Waals surface area contributed by atoms with Gasteiger partial charge in [0.15, 0.2) is 5.78 Å². The van der Waals surface area contributed by atoms with E-state index < -0.39 is 0 Å². The van der Waals surface area contributed by atoms with Gasteiger partial charge in [0.05, 0.1) is 0 Å². The standard InChI is InChI=1S/C12H17ClN2.C10H9NO/c1-9-4-5-15(8-9)11-3-2-10(7-14)12(13)6-11;1-7(12)8-2-3-10-9(6-8)4-5-11-10/h2-3,6,9H,4-5,7-8,14H2,1H3;2-6,11H,1H3/t9-;/m1./s1. The van der Waals surface area contributed by atoms with Gasteiger partial charge in [0.25, 0.3) is 0 Å². The highest BCUT2D eigenvalue weighted by Crippen LogP contribution is 2.27. The van der Waals surface area contributed by atoms with Crippen LogP contribution in [0.1, 0.15) is 36.2 Å². The molecular formula is C22H26ClN3O. The van der Waals surface area contributed by atoms with Crippen molar-refractivity contribution >= 4 is 34.0 Å². The maximum absolute atomic E-state index is 11.0. The number of hydrogen-bond acceptors (Lipinski definition) is 3. The van der Waals surface area contributed by atoms with Crippen LogP contribution in [0.4, 0.5) is 5.69 Å². The number of nitrogens with zero attached hydrogens (tertiary/aromatic N) is 1. The Balaban J connectivity index is 0.000000159. The Morgan fingerprint density at radius 1 is 1.26 bits per heavy atom. The first kappa shape index (κ1) is 19.5. The number of H-pyrrole nitrogens is 1. The van der Waals surface area contributed by atoms with Gasteiger partial charge in [-0.05, 0) is 61.2 Å². The van der Waals surface area contributed by atoms with Gasteiger partial charge in [0, 0.05) is 53.0 Å². The third kappa shape index (κ3) is 4.71. The third-order valence-electron chi connectivity index (χ3n) is 5.01. The van der Waals surface area contributed by atoms with Crippen LogP contribution >= 0.6 is 11.6 Å². The number of nitrogens with two attached hydrogens (primary N) is 1. The molecule has 0 amide bonds. The number of carbonyl (C=O) groups is 1. The quantitative estimate of drug-likeness (QED) is 0.624. The molecule has 27 heavy (non-hydrogen) atoms. The number of halogens is 1. The van der Waals surface area contributed by atoms with Gasteiger partial charge in [-0.25, -0.2) is 0 Å². The number of aromatic amines is 1. The lowest BCUT2D eigenvalue weighted by molar-refractivity contribution is 0.101. The lowest BCUT2D eigenvalue weighted by Crippen LogP contribution is -2.19. The minimum Gasteiger partial charge on any atom is -0.371 e. The summed E-state index contributed by atoms with van der Waals surface area (Å²) in [5.74, 6) is 0.899. The zero-order valence-electron chi connectivity index (χ0n) is 15.8. The summed E-state index contributed by atoms with van der Waals surface area (Å²) in [6.07, 6.45) is 3.14. The van der Waals surface area contributed by atoms with Crippen LogP contribution in [0.5, 0.6) is 0 Å². The smallest absolute Gasteiger partial charge is 0.159 e. The average Bonchev–Trinajstić information content (AvgIpc) is 3.30. The summed E-state index contributed by atoms with van der Waals surface area (Å²) in [7, 11) is 0. The van der Waals surface area contributed by atoms with Gasteiger partial charge < -0.3 is 15.6 Å². The second kappa shape index (κ2) is 8.59. The molecule has 5 heteroatoms. The van der Waals surface area contributed by atoms with Crippen molar-refractivity contribution in [2.24, 2.45) is 11.7 Å². The first-order valence-electron chi connectivity index (χ1n) is 9.29. The molecule has 0 saturated carbocycles. The maximum Gasteiger partial charge on any atom is 0.159 e. The van der Waals surface area contributed by atoms with Crippen LogP contribution in [0.25, 0.3) is 10.9 Å². The number of nitrogens with one attached hydrogen (secondary N) is 1. The van der Waals surface area contributed by atoms with Crippen molar-refractivity contribution in [1.82, 2.24) is 4.98 Å². The van der Waals surface area contributed by atoms with Crippen LogP contribution in [0.2, 0.25) is 5.02 Å². The molecule has 0 aliphatic carbocycles. The minimum atomic E-state index is 0.109. The van der Waals surface area contributed by atoms with Crippen LogP contribution < -0.4 is 10.6 Å². The summed E-state index contributed by atoms with van der Waals surface area (Å²) in [6.45, 7) is 6.65. The molecule has 1 atom stereocenters. The molecule has 2 heterocycles. The lowest BCUT2D eigenvalue weighted by Gasteiger charge is -2.19. The Bertz CT molecular complexity index is 934. The van der Waals surface area contributed by atoms with Crippen LogP contribution in [-0.2, 0) is 6.54 Å². The number of Topliss-reactive ketones (excluding diaryl/α,β-unsaturated/α-hetero) is 1. The number of rotatable bonds is 3. The Hall–Kier alpha value is -2.30. The van der Waals surface area contributed by atoms with E-state index in [1.54, 1.807) is 6.92 Å². The first-order chi connectivity index (χ1) is 13.0. The number of fused-ring (bicyclic) bond motifs is 1. The predicted molar refractivity (Wildman–Crippen MR) is 114 cm³/mol. The second-order valence-electron chi connectivity index (χ2n) is 7.16. The average molecular weight is 384 g/mol. The van der Waals surface area contributed by atoms with E-state index in [1.165, 1.54) is 12.1 Å². The lowest BCUT2D eigenvalue weighted by atomic mass is 10.1. The monoisotopic (exact) mass is 383 g/mol. The van der Waals surface area contributed by atoms with E-state index >= 15 is 0 Å². The molecule has 1 aliphatic heterocycles. The van der Waals surface area contributed by atoms with Gasteiger partial charge in [-0.2, -0.15) is 0 Å². The number of benzene rings is 2. The molecule has 1 fully saturated rings. The van der Waals surface area contributed by atoms with E-state index in [0.29, 0.717) is 6.54 Å². The van der Waals surface area contributed by atoms with Gasteiger partial charge in [-0.3, -0.25) is 4.79 Å². The maximum atomic E-state index is 11.0. The van der Waals surface area contributed by atoms with Gasteiger partial charge in [0.1, 0.15) is 0 Å². The van der Waals surface area contributed by atoms with Gasteiger partial charge in [-0.1, -0.05) is 24.6 Å². The van der Waals surface area contributed by atoms with Crippen molar-refractivity contribution in [2.45, 2.75) is 26.8 Å². The third-order valence-corrected chi connectivity index (χ3v) is 5.36. The zero-order chi connectivity index (χ0) is 19.4. The van der Waals surface area contributed by atoms with Gasteiger partial charge in [0.2, 0.25) is 0 Å². The molecule has 2 aromatic carbocycles. The van der Waals surface area contributed by atoms with Crippen molar-refractivity contribution in [3.05, 3.63) is 64.8 Å². The van der Waals surface area contributed by atoms with Crippen molar-refractivity contribution in [3.63, 3.8) is 0 Å². The number of ketones is 1. The number of anilines is 1. The molecule has 0 bridgehead atoms. The fourth-order valence-electron chi connectivity index (χ4n) is 3.34. The summed E-state index contributed by atoms with van der Waals surface area (Å²) >= 11 is 6.14. The molecule has 0 unspecified atom stereocenters. The molecule has 4 nitrogen and oxygen atoms in total. The van der Waals surface area contributed by atoms with Crippen LogP contribution in [-0.4, -0.2) is 23.9 Å². The number of carbonyl (C=O) groups excluding carboxylic acids is 1. The highest BCUT2D eigenvalue weighted by atomic mass is 35.5. The van der Waals surface area contributed by atoms with Crippen molar-refractivity contribution in [3.8, 4) is 0 Å². The second-order valence-corrected chi connectivity index (χ2v) is 7.56. The van der Waals surface area contributed by atoms with Crippen molar-refractivity contribution in [1.29, 1.82) is 0 Å². The highest BCUT2D eigenvalue weighted by molar-refractivity contribution is 6.31. The van der Waals surface area contributed by atoms with E-state index in [9.17, 15) is 4.79 Å². The highest BCUT2D eigenvalue weighted by Gasteiger charge is 2.19. The number of aromatic nitrogens is 1. The Morgan fingerprint density at radius 2 is 2.07 bits per heavy atom.